The highest BCUT2D eigenvalue weighted by molar-refractivity contribution is 6.33. The summed E-state index contributed by atoms with van der Waals surface area (Å²) in [6, 6.07) is 7.25. The first-order valence-corrected chi connectivity index (χ1v) is 7.67. The van der Waals surface area contributed by atoms with Gasteiger partial charge in [0.05, 0.1) is 17.3 Å². The van der Waals surface area contributed by atoms with Gasteiger partial charge in [-0.2, -0.15) is 0 Å². The minimum absolute atomic E-state index is 0. The van der Waals surface area contributed by atoms with Crippen LogP contribution in [-0.2, 0) is 4.79 Å². The fourth-order valence-electron chi connectivity index (χ4n) is 2.41. The van der Waals surface area contributed by atoms with Crippen LogP contribution in [0.25, 0.3) is 0 Å². The number of halogens is 2. The van der Waals surface area contributed by atoms with Crippen LogP contribution in [0.5, 0.6) is 0 Å². The molecule has 1 aliphatic rings. The Kier molecular flexibility index (Phi) is 8.75. The summed E-state index contributed by atoms with van der Waals surface area (Å²) in [6.07, 6.45) is 0.464. The number of para-hydroxylation sites is 1. The van der Waals surface area contributed by atoms with E-state index in [4.69, 9.17) is 16.7 Å². The lowest BCUT2D eigenvalue weighted by Gasteiger charge is -2.34. The molecule has 2 rings (SSSR count). The standard InChI is InChI=1S/C15H22ClN3O2.ClH/c16-13-3-1-2-4-14(13)17-15(21)5-6-18-7-9-19(10-8-18)11-12-20;/h1-4,20H,5-12H2,(H,17,21);1H. The molecule has 0 bridgehead atoms. The average molecular weight is 348 g/mol. The van der Waals surface area contributed by atoms with Crippen molar-refractivity contribution in [1.82, 2.24) is 9.80 Å². The van der Waals surface area contributed by atoms with Gasteiger partial charge in [0, 0.05) is 45.7 Å². The van der Waals surface area contributed by atoms with E-state index in [1.807, 2.05) is 12.1 Å². The highest BCUT2D eigenvalue weighted by Gasteiger charge is 2.17. The third kappa shape index (κ3) is 6.10. The number of hydrogen-bond acceptors (Lipinski definition) is 4. The number of aliphatic hydroxyl groups is 1. The van der Waals surface area contributed by atoms with Crippen LogP contribution in [0, 0.1) is 0 Å². The molecule has 0 spiro atoms. The van der Waals surface area contributed by atoms with Gasteiger partial charge in [0.25, 0.3) is 0 Å². The van der Waals surface area contributed by atoms with Crippen molar-refractivity contribution < 1.29 is 9.90 Å². The van der Waals surface area contributed by atoms with Crippen molar-refractivity contribution in [2.24, 2.45) is 0 Å². The molecule has 5 nitrogen and oxygen atoms in total. The predicted octanol–water partition coefficient (Wildman–Crippen LogP) is 1.70. The van der Waals surface area contributed by atoms with E-state index in [-0.39, 0.29) is 24.9 Å². The fourth-order valence-corrected chi connectivity index (χ4v) is 2.60. The van der Waals surface area contributed by atoms with Gasteiger partial charge in [-0.1, -0.05) is 23.7 Å². The van der Waals surface area contributed by atoms with Gasteiger partial charge in [-0.05, 0) is 12.1 Å². The van der Waals surface area contributed by atoms with Crippen LogP contribution in [0.4, 0.5) is 5.69 Å². The molecule has 1 aromatic rings. The maximum Gasteiger partial charge on any atom is 0.225 e. The van der Waals surface area contributed by atoms with Gasteiger partial charge < -0.3 is 15.3 Å². The highest BCUT2D eigenvalue weighted by atomic mass is 35.5. The Morgan fingerprint density at radius 2 is 1.73 bits per heavy atom. The van der Waals surface area contributed by atoms with E-state index < -0.39 is 0 Å². The zero-order chi connectivity index (χ0) is 15.1. The van der Waals surface area contributed by atoms with Crippen LogP contribution in [0.15, 0.2) is 24.3 Å². The first kappa shape index (κ1) is 19.2. The molecule has 2 N–H and O–H groups in total. The third-order valence-corrected chi connectivity index (χ3v) is 4.01. The van der Waals surface area contributed by atoms with E-state index in [0.717, 1.165) is 39.3 Å². The molecule has 0 unspecified atom stereocenters. The highest BCUT2D eigenvalue weighted by Crippen LogP contribution is 2.20. The van der Waals surface area contributed by atoms with Gasteiger partial charge >= 0.3 is 0 Å². The molecule has 0 radical (unpaired) electrons. The average Bonchev–Trinajstić information content (AvgIpc) is 2.49. The summed E-state index contributed by atoms with van der Waals surface area (Å²) in [5, 5.41) is 12.3. The number of aliphatic hydroxyl groups excluding tert-OH is 1. The summed E-state index contributed by atoms with van der Waals surface area (Å²) >= 11 is 6.01. The van der Waals surface area contributed by atoms with Crippen LogP contribution in [0.1, 0.15) is 6.42 Å². The summed E-state index contributed by atoms with van der Waals surface area (Å²) in [7, 11) is 0. The molecule has 0 aliphatic carbocycles. The van der Waals surface area contributed by atoms with Crippen LogP contribution >= 0.6 is 24.0 Å². The van der Waals surface area contributed by atoms with Crippen LogP contribution in [0.2, 0.25) is 5.02 Å². The number of rotatable bonds is 6. The second kappa shape index (κ2) is 10.0. The quantitative estimate of drug-likeness (QED) is 0.822. The Balaban J connectivity index is 0.00000242. The van der Waals surface area contributed by atoms with Crippen molar-refractivity contribution >= 4 is 35.6 Å². The number of nitrogens with one attached hydrogen (secondary N) is 1. The fraction of sp³-hybridized carbons (Fsp3) is 0.533. The minimum Gasteiger partial charge on any atom is -0.395 e. The number of anilines is 1. The van der Waals surface area contributed by atoms with Crippen LogP contribution in [-0.4, -0.2) is 66.7 Å². The van der Waals surface area contributed by atoms with Gasteiger partial charge in [-0.25, -0.2) is 0 Å². The summed E-state index contributed by atoms with van der Waals surface area (Å²) in [5.41, 5.74) is 0.664. The Morgan fingerprint density at radius 1 is 1.14 bits per heavy atom. The lowest BCUT2D eigenvalue weighted by Crippen LogP contribution is -2.47. The molecule has 22 heavy (non-hydrogen) atoms. The smallest absolute Gasteiger partial charge is 0.225 e. The molecule has 1 heterocycles. The monoisotopic (exact) mass is 347 g/mol. The normalized spacial score (nSPS) is 16.1. The zero-order valence-electron chi connectivity index (χ0n) is 12.5. The molecule has 0 atom stereocenters. The molecule has 7 heteroatoms. The van der Waals surface area contributed by atoms with Crippen molar-refractivity contribution in [3.05, 3.63) is 29.3 Å². The van der Waals surface area contributed by atoms with Gasteiger partial charge in [0.2, 0.25) is 5.91 Å². The number of piperazine rings is 1. The summed E-state index contributed by atoms with van der Waals surface area (Å²) in [5.74, 6) is -0.0131. The lowest BCUT2D eigenvalue weighted by atomic mass is 10.2. The van der Waals surface area contributed by atoms with Gasteiger partial charge in [-0.3, -0.25) is 9.69 Å². The largest absolute Gasteiger partial charge is 0.395 e. The minimum atomic E-state index is -0.0131. The number of benzene rings is 1. The van der Waals surface area contributed by atoms with Gasteiger partial charge in [0.1, 0.15) is 0 Å². The Hall–Kier alpha value is -0.850. The number of β-amino-alcohol motifs (C(OH)–C–C–N with tert-alkyl or cyclic N) is 1. The van der Waals surface area contributed by atoms with E-state index in [1.54, 1.807) is 12.1 Å². The second-order valence-corrected chi connectivity index (χ2v) is 5.59. The van der Waals surface area contributed by atoms with Crippen molar-refractivity contribution in [2.45, 2.75) is 6.42 Å². The number of amides is 1. The summed E-state index contributed by atoms with van der Waals surface area (Å²) in [6.45, 7) is 5.49. The van der Waals surface area contributed by atoms with E-state index in [2.05, 4.69) is 15.1 Å². The number of carbonyl (C=O) groups excluding carboxylic acids is 1. The summed E-state index contributed by atoms with van der Waals surface area (Å²) in [4.78, 5) is 16.4. The van der Waals surface area contributed by atoms with E-state index in [0.29, 0.717) is 17.1 Å². The van der Waals surface area contributed by atoms with Crippen molar-refractivity contribution in [3.8, 4) is 0 Å². The molecular formula is C15H23Cl2N3O2. The van der Waals surface area contributed by atoms with Crippen LogP contribution in [0.3, 0.4) is 0 Å². The van der Waals surface area contributed by atoms with Gasteiger partial charge in [0.15, 0.2) is 0 Å². The predicted molar refractivity (Wildman–Crippen MR) is 91.9 cm³/mol. The molecule has 0 saturated carbocycles. The van der Waals surface area contributed by atoms with Crippen molar-refractivity contribution in [3.63, 3.8) is 0 Å². The second-order valence-electron chi connectivity index (χ2n) is 5.18. The number of hydrogen-bond donors (Lipinski definition) is 2. The number of nitrogens with zero attached hydrogens (tertiary/aromatic N) is 2. The van der Waals surface area contributed by atoms with Crippen molar-refractivity contribution in [1.29, 1.82) is 0 Å². The third-order valence-electron chi connectivity index (χ3n) is 3.68. The molecule has 1 saturated heterocycles. The number of carbonyl (C=O) groups is 1. The molecule has 1 amide bonds. The van der Waals surface area contributed by atoms with Gasteiger partial charge in [-0.15, -0.1) is 12.4 Å². The molecule has 1 aliphatic heterocycles. The topological polar surface area (TPSA) is 55.8 Å². The lowest BCUT2D eigenvalue weighted by molar-refractivity contribution is -0.116. The molecule has 124 valence electrons. The maximum atomic E-state index is 11.9. The summed E-state index contributed by atoms with van der Waals surface area (Å²) < 4.78 is 0. The zero-order valence-corrected chi connectivity index (χ0v) is 14.1. The Labute approximate surface area is 142 Å². The van der Waals surface area contributed by atoms with E-state index in [9.17, 15) is 4.79 Å². The van der Waals surface area contributed by atoms with Crippen molar-refractivity contribution in [2.75, 3.05) is 51.2 Å². The Morgan fingerprint density at radius 3 is 2.32 bits per heavy atom. The van der Waals surface area contributed by atoms with Crippen LogP contribution < -0.4 is 5.32 Å². The molecule has 1 aromatic carbocycles. The van der Waals surface area contributed by atoms with E-state index in [1.165, 1.54) is 0 Å². The first-order valence-electron chi connectivity index (χ1n) is 7.29. The maximum absolute atomic E-state index is 11.9. The molecule has 1 fully saturated rings. The van der Waals surface area contributed by atoms with E-state index >= 15 is 0 Å². The molecular weight excluding hydrogens is 325 g/mol. The Bertz CT molecular complexity index is 466. The molecule has 0 aromatic heterocycles. The SMILES string of the molecule is Cl.O=C(CCN1CCN(CCO)CC1)Nc1ccccc1Cl. The first-order chi connectivity index (χ1) is 10.2.